The molecule has 1 aromatic heterocycles. The lowest BCUT2D eigenvalue weighted by Crippen LogP contribution is -2.13. The SMILES string of the molecule is O=C(Nc1cccc(C(F)(F)F)c1)c1cccc(Nc2nccs2)c1. The summed E-state index contributed by atoms with van der Waals surface area (Å²) in [5.41, 5.74) is 0.244. The molecule has 0 atom stereocenters. The first-order chi connectivity index (χ1) is 11.9. The summed E-state index contributed by atoms with van der Waals surface area (Å²) in [6, 6.07) is 11.1. The van der Waals surface area contributed by atoms with Crippen molar-refractivity contribution < 1.29 is 18.0 Å². The highest BCUT2D eigenvalue weighted by atomic mass is 32.1. The van der Waals surface area contributed by atoms with Crippen LogP contribution in [-0.2, 0) is 6.18 Å². The van der Waals surface area contributed by atoms with E-state index in [4.69, 9.17) is 0 Å². The smallest absolute Gasteiger partial charge is 0.332 e. The van der Waals surface area contributed by atoms with Crippen LogP contribution in [0.25, 0.3) is 0 Å². The summed E-state index contributed by atoms with van der Waals surface area (Å²) in [7, 11) is 0. The third-order valence-corrected chi connectivity index (χ3v) is 3.94. The highest BCUT2D eigenvalue weighted by molar-refractivity contribution is 7.13. The van der Waals surface area contributed by atoms with Crippen LogP contribution in [0.4, 0.5) is 29.7 Å². The van der Waals surface area contributed by atoms with Gasteiger partial charge in [0.05, 0.1) is 5.56 Å². The van der Waals surface area contributed by atoms with Crippen molar-refractivity contribution in [3.63, 3.8) is 0 Å². The van der Waals surface area contributed by atoms with Crippen LogP contribution in [0, 0.1) is 0 Å². The summed E-state index contributed by atoms with van der Waals surface area (Å²) in [6.07, 6.45) is -2.81. The van der Waals surface area contributed by atoms with Gasteiger partial charge in [0.25, 0.3) is 5.91 Å². The Balaban J connectivity index is 1.75. The quantitative estimate of drug-likeness (QED) is 0.673. The summed E-state index contributed by atoms with van der Waals surface area (Å²) >= 11 is 1.41. The number of benzene rings is 2. The second-order valence-corrected chi connectivity index (χ2v) is 5.97. The molecule has 0 spiro atoms. The number of amides is 1. The first-order valence-electron chi connectivity index (χ1n) is 7.17. The van der Waals surface area contributed by atoms with Crippen molar-refractivity contribution in [2.24, 2.45) is 0 Å². The molecule has 0 saturated heterocycles. The topological polar surface area (TPSA) is 54.0 Å². The summed E-state index contributed by atoms with van der Waals surface area (Å²) in [5.74, 6) is -0.498. The Morgan fingerprint density at radius 3 is 2.52 bits per heavy atom. The van der Waals surface area contributed by atoms with Gasteiger partial charge in [-0.3, -0.25) is 4.79 Å². The molecule has 3 aromatic rings. The summed E-state index contributed by atoms with van der Waals surface area (Å²) < 4.78 is 38.2. The molecular formula is C17H12F3N3OS. The number of nitrogens with one attached hydrogen (secondary N) is 2. The molecule has 128 valence electrons. The second kappa shape index (κ2) is 6.94. The van der Waals surface area contributed by atoms with Gasteiger partial charge in [0.15, 0.2) is 5.13 Å². The van der Waals surface area contributed by atoms with Gasteiger partial charge in [-0.2, -0.15) is 13.2 Å². The third kappa shape index (κ3) is 4.36. The fourth-order valence-electron chi connectivity index (χ4n) is 2.12. The average molecular weight is 363 g/mol. The van der Waals surface area contributed by atoms with Gasteiger partial charge in [0.2, 0.25) is 0 Å². The van der Waals surface area contributed by atoms with Gasteiger partial charge in [0.1, 0.15) is 0 Å². The molecular weight excluding hydrogens is 351 g/mol. The Bertz CT molecular complexity index is 879. The van der Waals surface area contributed by atoms with Crippen LogP contribution < -0.4 is 10.6 Å². The van der Waals surface area contributed by atoms with E-state index in [1.807, 2.05) is 5.38 Å². The van der Waals surface area contributed by atoms with E-state index >= 15 is 0 Å². The van der Waals surface area contributed by atoms with Gasteiger partial charge in [-0.05, 0) is 36.4 Å². The highest BCUT2D eigenvalue weighted by Crippen LogP contribution is 2.30. The summed E-state index contributed by atoms with van der Waals surface area (Å²) in [6.45, 7) is 0. The number of hydrogen-bond acceptors (Lipinski definition) is 4. The van der Waals surface area contributed by atoms with Crippen LogP contribution in [0.2, 0.25) is 0 Å². The minimum absolute atomic E-state index is 0.0816. The molecule has 2 N–H and O–H groups in total. The van der Waals surface area contributed by atoms with Crippen molar-refractivity contribution in [3.8, 4) is 0 Å². The Morgan fingerprint density at radius 2 is 1.80 bits per heavy atom. The molecule has 2 aromatic carbocycles. The minimum atomic E-state index is -4.46. The van der Waals surface area contributed by atoms with E-state index < -0.39 is 17.6 Å². The molecule has 0 unspecified atom stereocenters. The molecule has 0 fully saturated rings. The van der Waals surface area contributed by atoms with Gasteiger partial charge in [-0.25, -0.2) is 4.98 Å². The number of nitrogens with zero attached hydrogens (tertiary/aromatic N) is 1. The normalized spacial score (nSPS) is 11.2. The Morgan fingerprint density at radius 1 is 1.04 bits per heavy atom. The van der Waals surface area contributed by atoms with Gasteiger partial charge in [0, 0.05) is 28.5 Å². The number of halogens is 3. The zero-order valence-electron chi connectivity index (χ0n) is 12.7. The highest BCUT2D eigenvalue weighted by Gasteiger charge is 2.30. The summed E-state index contributed by atoms with van der Waals surface area (Å²) in [5, 5.41) is 8.02. The predicted octanol–water partition coefficient (Wildman–Crippen LogP) is 5.16. The molecule has 3 rings (SSSR count). The number of thiazole rings is 1. The second-order valence-electron chi connectivity index (χ2n) is 5.08. The van der Waals surface area contributed by atoms with E-state index in [-0.39, 0.29) is 5.69 Å². The van der Waals surface area contributed by atoms with Crippen LogP contribution >= 0.6 is 11.3 Å². The molecule has 8 heteroatoms. The van der Waals surface area contributed by atoms with Crippen molar-refractivity contribution in [2.75, 3.05) is 10.6 Å². The monoisotopic (exact) mass is 363 g/mol. The van der Waals surface area contributed by atoms with Crippen LogP contribution in [0.1, 0.15) is 15.9 Å². The molecule has 1 amide bonds. The van der Waals surface area contributed by atoms with E-state index in [0.29, 0.717) is 16.4 Å². The Kier molecular flexibility index (Phi) is 4.71. The minimum Gasteiger partial charge on any atom is -0.332 e. The van der Waals surface area contributed by atoms with Gasteiger partial charge in [-0.15, -0.1) is 11.3 Å². The van der Waals surface area contributed by atoms with Crippen LogP contribution in [0.15, 0.2) is 60.1 Å². The summed E-state index contributed by atoms with van der Waals surface area (Å²) in [4.78, 5) is 16.4. The number of carbonyl (C=O) groups is 1. The molecule has 0 aliphatic rings. The number of anilines is 3. The maximum atomic E-state index is 12.7. The first kappa shape index (κ1) is 17.0. The van der Waals surface area contributed by atoms with Crippen LogP contribution in [0.3, 0.4) is 0 Å². The molecule has 4 nitrogen and oxygen atoms in total. The Labute approximate surface area is 145 Å². The third-order valence-electron chi connectivity index (χ3n) is 3.26. The van der Waals surface area contributed by atoms with Gasteiger partial charge in [-0.1, -0.05) is 12.1 Å². The largest absolute Gasteiger partial charge is 0.416 e. The van der Waals surface area contributed by atoms with Gasteiger partial charge < -0.3 is 10.6 Å². The van der Waals surface area contributed by atoms with Crippen molar-refractivity contribution in [3.05, 3.63) is 71.2 Å². The number of carbonyl (C=O) groups excluding carboxylic acids is 1. The molecule has 0 radical (unpaired) electrons. The molecule has 0 aliphatic carbocycles. The molecule has 0 saturated carbocycles. The van der Waals surface area contributed by atoms with Crippen LogP contribution in [0.5, 0.6) is 0 Å². The standard InChI is InChI=1S/C17H12F3N3OS/c18-17(19,20)12-4-2-6-14(10-12)22-15(24)11-3-1-5-13(9-11)23-16-21-7-8-25-16/h1-10H,(H,21,23)(H,22,24). The van der Waals surface area contributed by atoms with Crippen molar-refractivity contribution in [1.82, 2.24) is 4.98 Å². The number of alkyl halides is 3. The lowest BCUT2D eigenvalue weighted by atomic mass is 10.1. The first-order valence-corrected chi connectivity index (χ1v) is 8.05. The molecule has 1 heterocycles. The predicted molar refractivity (Wildman–Crippen MR) is 91.2 cm³/mol. The van der Waals surface area contributed by atoms with Crippen molar-refractivity contribution in [1.29, 1.82) is 0 Å². The zero-order chi connectivity index (χ0) is 17.9. The van der Waals surface area contributed by atoms with E-state index in [1.54, 1.807) is 30.5 Å². The lowest BCUT2D eigenvalue weighted by Gasteiger charge is -2.10. The van der Waals surface area contributed by atoms with Crippen molar-refractivity contribution in [2.45, 2.75) is 6.18 Å². The molecule has 0 bridgehead atoms. The van der Waals surface area contributed by atoms with Crippen molar-refractivity contribution >= 4 is 33.8 Å². The van der Waals surface area contributed by atoms with E-state index in [9.17, 15) is 18.0 Å². The van der Waals surface area contributed by atoms with E-state index in [0.717, 1.165) is 12.1 Å². The number of hydrogen-bond donors (Lipinski definition) is 2. The fourth-order valence-corrected chi connectivity index (χ4v) is 2.67. The number of rotatable bonds is 4. The zero-order valence-corrected chi connectivity index (χ0v) is 13.5. The average Bonchev–Trinajstić information content (AvgIpc) is 3.07. The molecule has 25 heavy (non-hydrogen) atoms. The van der Waals surface area contributed by atoms with E-state index in [1.165, 1.54) is 23.5 Å². The molecule has 0 aliphatic heterocycles. The Hall–Kier alpha value is -2.87. The van der Waals surface area contributed by atoms with Gasteiger partial charge >= 0.3 is 6.18 Å². The van der Waals surface area contributed by atoms with Crippen LogP contribution in [-0.4, -0.2) is 10.9 Å². The van der Waals surface area contributed by atoms with E-state index in [2.05, 4.69) is 15.6 Å². The lowest BCUT2D eigenvalue weighted by molar-refractivity contribution is -0.137. The maximum absolute atomic E-state index is 12.7. The fraction of sp³-hybridized carbons (Fsp3) is 0.0588. The maximum Gasteiger partial charge on any atom is 0.416 e. The number of aromatic nitrogens is 1.